The largest absolute Gasteiger partial charge is 0.733 e. The van der Waals surface area contributed by atoms with Crippen molar-refractivity contribution in [2.75, 3.05) is 10.5 Å². The fourth-order valence-electron chi connectivity index (χ4n) is 3.39. The Hall–Kier alpha value is -3.12. The fourth-order valence-corrected chi connectivity index (χ4v) is 3.39. The average Bonchev–Trinajstić information content (AvgIpc) is 3.03. The number of hydrogen-bond donors (Lipinski definition) is 3. The molecule has 5 heteroatoms. The molecule has 3 N–H and O–H groups in total. The minimum atomic E-state index is -0.751. The van der Waals surface area contributed by atoms with Crippen LogP contribution in [0.2, 0.25) is 0 Å². The molecule has 1 aliphatic rings. The molecule has 5 nitrogen and oxygen atoms in total. The Balaban J connectivity index is 1.71. The maximum Gasteiger partial charge on any atom is 0.105 e. The zero-order valence-electron chi connectivity index (χ0n) is 14.5. The Morgan fingerprint density at radius 3 is 2.26 bits per heavy atom. The number of aliphatic hydroxyl groups is 1. The van der Waals surface area contributed by atoms with Crippen LogP contribution in [-0.4, -0.2) is 10.3 Å². The highest BCUT2D eigenvalue weighted by atomic mass is 16.8. The van der Waals surface area contributed by atoms with Gasteiger partial charge in [-0.05, 0) is 28.8 Å². The average molecular weight is 359 g/mol. The van der Waals surface area contributed by atoms with Gasteiger partial charge < -0.3 is 20.9 Å². The summed E-state index contributed by atoms with van der Waals surface area (Å²) in [6, 6.07) is 22.3. The molecular formula is C22H19N2O3-. The van der Waals surface area contributed by atoms with Crippen LogP contribution in [0.5, 0.6) is 0 Å². The molecule has 0 fully saturated rings. The molecule has 4 rings (SSSR count). The lowest BCUT2D eigenvalue weighted by Crippen LogP contribution is -2.10. The summed E-state index contributed by atoms with van der Waals surface area (Å²) in [5.74, 6) is 0. The molecular weight excluding hydrogens is 340 g/mol. The van der Waals surface area contributed by atoms with Gasteiger partial charge in [-0.1, -0.05) is 72.8 Å². The van der Waals surface area contributed by atoms with E-state index in [1.165, 1.54) is 0 Å². The highest BCUT2D eigenvalue weighted by Gasteiger charge is 2.32. The molecule has 1 heterocycles. The third-order valence-corrected chi connectivity index (χ3v) is 4.76. The first-order valence-corrected chi connectivity index (χ1v) is 8.70. The van der Waals surface area contributed by atoms with Crippen molar-refractivity contribution >= 4 is 23.5 Å². The van der Waals surface area contributed by atoms with Gasteiger partial charge in [0.05, 0.1) is 11.7 Å². The molecule has 0 aromatic heterocycles. The van der Waals surface area contributed by atoms with Gasteiger partial charge in [-0.25, -0.2) is 0 Å². The zero-order chi connectivity index (χ0) is 18.8. The molecule has 136 valence electrons. The first kappa shape index (κ1) is 17.3. The summed E-state index contributed by atoms with van der Waals surface area (Å²) in [6.45, 7) is 0. The topological polar surface area (TPSA) is 78.8 Å². The van der Waals surface area contributed by atoms with Gasteiger partial charge in [0, 0.05) is 11.3 Å². The molecule has 2 atom stereocenters. The van der Waals surface area contributed by atoms with Crippen molar-refractivity contribution in [3.63, 3.8) is 0 Å². The zero-order valence-corrected chi connectivity index (χ0v) is 14.5. The van der Waals surface area contributed by atoms with E-state index in [1.54, 1.807) is 18.2 Å². The third-order valence-electron chi connectivity index (χ3n) is 4.76. The van der Waals surface area contributed by atoms with Crippen molar-refractivity contribution in [2.45, 2.75) is 12.1 Å². The van der Waals surface area contributed by atoms with Gasteiger partial charge in [0.2, 0.25) is 0 Å². The summed E-state index contributed by atoms with van der Waals surface area (Å²) < 4.78 is 0. The van der Waals surface area contributed by atoms with Crippen LogP contribution in [0.25, 0.3) is 12.2 Å². The van der Waals surface area contributed by atoms with Crippen LogP contribution in [0.1, 0.15) is 34.4 Å². The van der Waals surface area contributed by atoms with Crippen LogP contribution in [0.4, 0.5) is 11.4 Å². The molecule has 1 aliphatic heterocycles. The van der Waals surface area contributed by atoms with Crippen LogP contribution in [0.15, 0.2) is 72.8 Å². The van der Waals surface area contributed by atoms with Crippen molar-refractivity contribution in [2.24, 2.45) is 0 Å². The molecule has 0 amide bonds. The van der Waals surface area contributed by atoms with Gasteiger partial charge in [-0.2, -0.15) is 0 Å². The smallest absolute Gasteiger partial charge is 0.105 e. The van der Waals surface area contributed by atoms with Crippen LogP contribution in [0.3, 0.4) is 0 Å². The van der Waals surface area contributed by atoms with Gasteiger partial charge in [-0.15, -0.1) is 0 Å². The molecule has 27 heavy (non-hydrogen) atoms. The SMILES string of the molecule is [O-]N(O)c1cc2c(cc1C=Cc1ccccc1)[C@@H](O)[C@H](c1ccccc1)N2. The summed E-state index contributed by atoms with van der Waals surface area (Å²) in [5.41, 5.74) is 3.91. The van der Waals surface area contributed by atoms with E-state index in [1.807, 2.05) is 66.7 Å². The Bertz CT molecular complexity index is 956. The Kier molecular flexibility index (Phi) is 4.64. The van der Waals surface area contributed by atoms with E-state index in [0.717, 1.165) is 11.1 Å². The number of anilines is 2. The van der Waals surface area contributed by atoms with Crippen LogP contribution in [-0.2, 0) is 0 Å². The van der Waals surface area contributed by atoms with E-state index in [2.05, 4.69) is 5.32 Å². The first-order valence-electron chi connectivity index (χ1n) is 8.70. The van der Waals surface area contributed by atoms with E-state index in [9.17, 15) is 15.5 Å². The van der Waals surface area contributed by atoms with Gasteiger partial charge in [0.1, 0.15) is 6.10 Å². The summed E-state index contributed by atoms with van der Waals surface area (Å²) in [5, 5.41) is 35.1. The second-order valence-corrected chi connectivity index (χ2v) is 6.49. The van der Waals surface area contributed by atoms with Gasteiger partial charge in [0.15, 0.2) is 0 Å². The monoisotopic (exact) mass is 359 g/mol. The van der Waals surface area contributed by atoms with Crippen molar-refractivity contribution in [3.8, 4) is 0 Å². The Morgan fingerprint density at radius 2 is 1.59 bits per heavy atom. The fraction of sp³-hybridized carbons (Fsp3) is 0.0909. The van der Waals surface area contributed by atoms with Gasteiger partial charge in [0.25, 0.3) is 0 Å². The molecule has 3 aromatic carbocycles. The molecule has 0 saturated carbocycles. The number of rotatable bonds is 4. The summed E-state index contributed by atoms with van der Waals surface area (Å²) >= 11 is 0. The minimum absolute atomic E-state index is 0.120. The van der Waals surface area contributed by atoms with Crippen molar-refractivity contribution in [1.82, 2.24) is 0 Å². The Labute approximate surface area is 157 Å². The summed E-state index contributed by atoms with van der Waals surface area (Å²) in [7, 11) is 0. The summed E-state index contributed by atoms with van der Waals surface area (Å²) in [4.78, 5) is 0. The molecule has 0 radical (unpaired) electrons. The standard InChI is InChI=1S/C22H19N2O3/c25-22-18-13-17(12-11-15-7-3-1-4-8-15)20(24(26)27)14-19(18)23-21(22)16-9-5-2-6-10-16/h1-14,21-23,25-26H/q-1/t21-,22+/m0/s1. The van der Waals surface area contributed by atoms with Crippen LogP contribution >= 0.6 is 0 Å². The van der Waals surface area contributed by atoms with Crippen LogP contribution in [0, 0.1) is 5.21 Å². The minimum Gasteiger partial charge on any atom is -0.733 e. The van der Waals surface area contributed by atoms with Gasteiger partial charge >= 0.3 is 0 Å². The molecule has 0 aliphatic carbocycles. The van der Waals surface area contributed by atoms with E-state index in [0.29, 0.717) is 16.8 Å². The Morgan fingerprint density at radius 1 is 0.926 bits per heavy atom. The second-order valence-electron chi connectivity index (χ2n) is 6.49. The quantitative estimate of drug-likeness (QED) is 0.463. The lowest BCUT2D eigenvalue weighted by atomic mass is 9.98. The highest BCUT2D eigenvalue weighted by molar-refractivity contribution is 5.81. The number of nitrogens with zero attached hydrogens (tertiary/aromatic N) is 1. The van der Waals surface area contributed by atoms with Crippen molar-refractivity contribution < 1.29 is 10.3 Å². The summed E-state index contributed by atoms with van der Waals surface area (Å²) in [6.07, 6.45) is 2.87. The predicted molar refractivity (Wildman–Crippen MR) is 107 cm³/mol. The maximum absolute atomic E-state index is 11.7. The number of fused-ring (bicyclic) bond motifs is 1. The predicted octanol–water partition coefficient (Wildman–Crippen LogP) is 4.75. The van der Waals surface area contributed by atoms with Gasteiger partial charge in [-0.3, -0.25) is 5.21 Å². The lowest BCUT2D eigenvalue weighted by Gasteiger charge is -2.24. The molecule has 0 bridgehead atoms. The molecule has 0 spiro atoms. The number of nitrogens with one attached hydrogen (secondary N) is 1. The highest BCUT2D eigenvalue weighted by Crippen LogP contribution is 2.45. The lowest BCUT2D eigenvalue weighted by molar-refractivity contribution is 0.164. The van der Waals surface area contributed by atoms with E-state index in [4.69, 9.17) is 0 Å². The molecule has 0 unspecified atom stereocenters. The van der Waals surface area contributed by atoms with Crippen molar-refractivity contribution in [3.05, 3.63) is 100 Å². The number of aliphatic hydroxyl groups excluding tert-OH is 1. The molecule has 3 aromatic rings. The van der Waals surface area contributed by atoms with E-state index >= 15 is 0 Å². The van der Waals surface area contributed by atoms with E-state index in [-0.39, 0.29) is 17.0 Å². The van der Waals surface area contributed by atoms with E-state index < -0.39 is 6.10 Å². The first-order chi connectivity index (χ1) is 13.1. The van der Waals surface area contributed by atoms with Crippen LogP contribution < -0.4 is 10.5 Å². The maximum atomic E-state index is 11.7. The third kappa shape index (κ3) is 3.44. The number of hydrogen-bond acceptors (Lipinski definition) is 5. The normalized spacial score (nSPS) is 18.3. The number of benzene rings is 3. The van der Waals surface area contributed by atoms with Crippen molar-refractivity contribution in [1.29, 1.82) is 0 Å². The second kappa shape index (κ2) is 7.25. The molecule has 0 saturated heterocycles.